The lowest BCUT2D eigenvalue weighted by Gasteiger charge is -2.28. The van der Waals surface area contributed by atoms with Gasteiger partial charge < -0.3 is 10.5 Å². The largest absolute Gasteiger partial charge is 0.497 e. The van der Waals surface area contributed by atoms with Crippen LogP contribution in [0.2, 0.25) is 0 Å². The molecule has 0 fully saturated rings. The zero-order valence-electron chi connectivity index (χ0n) is 21.9. The summed E-state index contributed by atoms with van der Waals surface area (Å²) in [6.45, 7) is 0. The van der Waals surface area contributed by atoms with Crippen LogP contribution in [0.1, 0.15) is 34.0 Å². The van der Waals surface area contributed by atoms with Gasteiger partial charge in [-0.25, -0.2) is 4.98 Å². The average Bonchev–Trinajstić information content (AvgIpc) is 3.48. The molecular formula is C31H24N4O5S. The van der Waals surface area contributed by atoms with E-state index in [1.807, 2.05) is 24.3 Å². The lowest BCUT2D eigenvalue weighted by atomic mass is 9.81. The van der Waals surface area contributed by atoms with E-state index in [1.165, 1.54) is 23.5 Å². The number of non-ortho nitro benzene ring substituents is 1. The molecule has 204 valence electrons. The minimum absolute atomic E-state index is 0.0512. The molecule has 1 aliphatic carbocycles. The van der Waals surface area contributed by atoms with Crippen molar-refractivity contribution in [2.24, 2.45) is 0 Å². The van der Waals surface area contributed by atoms with Gasteiger partial charge in [0.1, 0.15) is 10.8 Å². The van der Waals surface area contributed by atoms with E-state index >= 15 is 0 Å². The van der Waals surface area contributed by atoms with Gasteiger partial charge in [0.15, 0.2) is 5.78 Å². The van der Waals surface area contributed by atoms with Crippen molar-refractivity contribution < 1.29 is 14.5 Å². The first kappa shape index (κ1) is 26.1. The molecule has 0 radical (unpaired) electrons. The summed E-state index contributed by atoms with van der Waals surface area (Å²) in [7, 11) is 1.60. The van der Waals surface area contributed by atoms with Crippen molar-refractivity contribution in [3.05, 3.63) is 122 Å². The molecule has 0 saturated carbocycles. The number of thiazole rings is 1. The van der Waals surface area contributed by atoms with Crippen molar-refractivity contribution in [2.45, 2.75) is 18.8 Å². The second-order valence-corrected chi connectivity index (χ2v) is 10.6. The molecule has 0 saturated heterocycles. The molecule has 10 heteroatoms. The Kier molecular flexibility index (Phi) is 6.68. The summed E-state index contributed by atoms with van der Waals surface area (Å²) >= 11 is 1.24. The molecule has 0 amide bonds. The van der Waals surface area contributed by atoms with Gasteiger partial charge >= 0.3 is 0 Å². The number of benzene rings is 3. The Bertz CT molecular complexity index is 1880. The average molecular weight is 565 g/mol. The molecule has 1 atom stereocenters. The highest BCUT2D eigenvalue weighted by Crippen LogP contribution is 2.37. The topological polar surface area (TPSA) is 130 Å². The first-order valence-corrected chi connectivity index (χ1v) is 13.7. The number of para-hydroxylation sites is 2. The van der Waals surface area contributed by atoms with Crippen LogP contribution < -0.4 is 16.0 Å². The van der Waals surface area contributed by atoms with Gasteiger partial charge in [0.25, 0.3) is 11.2 Å². The molecule has 9 nitrogen and oxygen atoms in total. The number of nitro benzene ring substituents is 1. The Hall–Kier alpha value is -5.09. The zero-order valence-corrected chi connectivity index (χ0v) is 22.8. The van der Waals surface area contributed by atoms with Crippen molar-refractivity contribution in [1.82, 2.24) is 9.55 Å². The third-order valence-corrected chi connectivity index (χ3v) is 8.20. The summed E-state index contributed by atoms with van der Waals surface area (Å²) < 4.78 is 6.82. The molecule has 0 aliphatic heterocycles. The maximum absolute atomic E-state index is 14.2. The number of aromatic nitrogens is 2. The fraction of sp³-hybridized carbons (Fsp3) is 0.129. The van der Waals surface area contributed by atoms with Gasteiger partial charge in [-0.2, -0.15) is 0 Å². The van der Waals surface area contributed by atoms with Gasteiger partial charge in [0.05, 0.1) is 34.7 Å². The number of hydrogen-bond donors (Lipinski definition) is 1. The molecule has 1 aliphatic rings. The van der Waals surface area contributed by atoms with E-state index < -0.39 is 4.92 Å². The fourth-order valence-corrected chi connectivity index (χ4v) is 6.09. The Morgan fingerprint density at radius 1 is 1.00 bits per heavy atom. The Morgan fingerprint density at radius 2 is 1.78 bits per heavy atom. The van der Waals surface area contributed by atoms with Crippen LogP contribution in [0.15, 0.2) is 89.0 Å². The predicted molar refractivity (Wildman–Crippen MR) is 158 cm³/mol. The van der Waals surface area contributed by atoms with Gasteiger partial charge in [0.2, 0.25) is 0 Å². The minimum atomic E-state index is -0.464. The number of nitrogen functional groups attached to an aromatic ring is 1. The number of ketones is 1. The van der Waals surface area contributed by atoms with Crippen LogP contribution in [0.25, 0.3) is 27.5 Å². The number of hydrogen-bond acceptors (Lipinski definition) is 8. The van der Waals surface area contributed by atoms with Crippen molar-refractivity contribution in [2.75, 3.05) is 12.8 Å². The normalized spacial score (nSPS) is 14.5. The third kappa shape index (κ3) is 4.78. The number of ether oxygens (including phenoxy) is 1. The number of fused-ring (bicyclic) bond motifs is 1. The summed E-state index contributed by atoms with van der Waals surface area (Å²) in [5, 5.41) is 13.4. The standard InChI is InChI=1S/C31H24N4O5S/c1-40-22-11-9-18(10-12-22)20-14-28-23(29(36)15-20)16-24(31(37)34(28)27-8-3-2-7-25(27)32)30-33-26(17-41-30)19-5-4-6-21(13-19)35(38)39/h2-13,16-17,20H,14-15,32H2,1H3/t20-/m0/s1. The summed E-state index contributed by atoms with van der Waals surface area (Å²) in [6.07, 6.45) is 0.756. The second-order valence-electron chi connectivity index (χ2n) is 9.76. The van der Waals surface area contributed by atoms with E-state index in [9.17, 15) is 19.7 Å². The van der Waals surface area contributed by atoms with E-state index in [2.05, 4.69) is 4.98 Å². The van der Waals surface area contributed by atoms with Gasteiger partial charge in [-0.1, -0.05) is 36.4 Å². The van der Waals surface area contributed by atoms with Crippen LogP contribution in [-0.4, -0.2) is 27.4 Å². The third-order valence-electron chi connectivity index (χ3n) is 7.33. The predicted octanol–water partition coefficient (Wildman–Crippen LogP) is 6.04. The van der Waals surface area contributed by atoms with Gasteiger partial charge in [-0.05, 0) is 48.2 Å². The number of methoxy groups -OCH3 is 1. The van der Waals surface area contributed by atoms with Crippen LogP contribution in [0.4, 0.5) is 11.4 Å². The van der Waals surface area contributed by atoms with Gasteiger partial charge in [-0.15, -0.1) is 11.3 Å². The van der Waals surface area contributed by atoms with E-state index in [4.69, 9.17) is 10.5 Å². The fourth-order valence-electron chi connectivity index (χ4n) is 5.25. The molecule has 2 heterocycles. The summed E-state index contributed by atoms with van der Waals surface area (Å²) in [4.78, 5) is 43.3. The van der Waals surface area contributed by atoms with Gasteiger partial charge in [0, 0.05) is 40.8 Å². The number of pyridine rings is 1. The highest BCUT2D eigenvalue weighted by Gasteiger charge is 2.31. The number of anilines is 1. The minimum Gasteiger partial charge on any atom is -0.497 e. The van der Waals surface area contributed by atoms with Crippen molar-refractivity contribution in [3.8, 4) is 33.3 Å². The highest BCUT2D eigenvalue weighted by atomic mass is 32.1. The van der Waals surface area contributed by atoms with Crippen LogP contribution in [0.5, 0.6) is 5.75 Å². The van der Waals surface area contributed by atoms with Crippen molar-refractivity contribution in [1.29, 1.82) is 0 Å². The quantitative estimate of drug-likeness (QED) is 0.151. The summed E-state index contributed by atoms with van der Waals surface area (Å²) in [6, 6.07) is 22.5. The number of nitro groups is 1. The highest BCUT2D eigenvalue weighted by molar-refractivity contribution is 7.13. The number of rotatable bonds is 6. The number of carbonyl (C=O) groups is 1. The first-order valence-electron chi connectivity index (χ1n) is 12.9. The van der Waals surface area contributed by atoms with Crippen LogP contribution in [0.3, 0.4) is 0 Å². The molecule has 2 N–H and O–H groups in total. The zero-order chi connectivity index (χ0) is 28.7. The number of carbonyl (C=O) groups excluding carboxylic acids is 1. The maximum atomic E-state index is 14.2. The Labute approximate surface area is 238 Å². The van der Waals surface area contributed by atoms with E-state index in [0.29, 0.717) is 45.3 Å². The Morgan fingerprint density at radius 3 is 2.51 bits per heavy atom. The van der Waals surface area contributed by atoms with Gasteiger partial charge in [-0.3, -0.25) is 24.3 Å². The van der Waals surface area contributed by atoms with Crippen molar-refractivity contribution >= 4 is 28.5 Å². The number of Topliss-reactive ketones (excluding diaryl/α,β-unsaturated/α-hetero) is 1. The lowest BCUT2D eigenvalue weighted by Crippen LogP contribution is -2.31. The maximum Gasteiger partial charge on any atom is 0.270 e. The monoisotopic (exact) mass is 564 g/mol. The Balaban J connectivity index is 1.49. The first-order chi connectivity index (χ1) is 19.8. The van der Waals surface area contributed by atoms with Crippen LogP contribution in [0, 0.1) is 10.1 Å². The van der Waals surface area contributed by atoms with E-state index in [1.54, 1.807) is 59.5 Å². The molecule has 0 bridgehead atoms. The molecule has 2 aromatic heterocycles. The smallest absolute Gasteiger partial charge is 0.270 e. The molecule has 5 aromatic rings. The van der Waals surface area contributed by atoms with Crippen LogP contribution in [-0.2, 0) is 6.42 Å². The number of nitrogens with zero attached hydrogens (tertiary/aromatic N) is 3. The summed E-state index contributed by atoms with van der Waals surface area (Å²) in [5.74, 6) is 0.525. The molecule has 0 unspecified atom stereocenters. The molecule has 3 aromatic carbocycles. The van der Waals surface area contributed by atoms with E-state index in [-0.39, 0.29) is 34.9 Å². The molecule has 0 spiro atoms. The second kappa shape index (κ2) is 10.5. The molecule has 6 rings (SSSR count). The van der Waals surface area contributed by atoms with Crippen LogP contribution >= 0.6 is 11.3 Å². The number of nitrogens with two attached hydrogens (primary N) is 1. The SMILES string of the molecule is COc1ccc([C@@H]2CC(=O)c3cc(-c4nc(-c5cccc([N+](=O)[O-])c5)cs4)c(=O)n(-c4ccccc4N)c3C2)cc1. The molecular weight excluding hydrogens is 540 g/mol. The van der Waals surface area contributed by atoms with Crippen molar-refractivity contribution in [3.63, 3.8) is 0 Å². The lowest BCUT2D eigenvalue weighted by molar-refractivity contribution is -0.384. The van der Waals surface area contributed by atoms with E-state index in [0.717, 1.165) is 11.3 Å². The molecule has 41 heavy (non-hydrogen) atoms. The summed E-state index contributed by atoms with van der Waals surface area (Å²) in [5.41, 5.74) is 10.2.